The van der Waals surface area contributed by atoms with E-state index in [0.717, 1.165) is 10.9 Å². The molecule has 0 fully saturated rings. The summed E-state index contributed by atoms with van der Waals surface area (Å²) in [6, 6.07) is 7.22. The van der Waals surface area contributed by atoms with Gasteiger partial charge >= 0.3 is 5.69 Å². The predicted molar refractivity (Wildman–Crippen MR) is 101 cm³/mol. The lowest BCUT2D eigenvalue weighted by molar-refractivity contribution is 0.343. The topological polar surface area (TPSA) is 91.3 Å². The van der Waals surface area contributed by atoms with Crippen molar-refractivity contribution in [2.24, 2.45) is 0 Å². The van der Waals surface area contributed by atoms with Crippen molar-refractivity contribution in [2.45, 2.75) is 6.92 Å². The molecule has 3 aromatic heterocycles. The van der Waals surface area contributed by atoms with Crippen LogP contribution in [0.2, 0.25) is 0 Å². The highest BCUT2D eigenvalue weighted by Gasteiger charge is 2.17. The Morgan fingerprint density at radius 1 is 1.11 bits per heavy atom. The first kappa shape index (κ1) is 16.9. The zero-order chi connectivity index (χ0) is 19.0. The Morgan fingerprint density at radius 3 is 2.70 bits per heavy atom. The summed E-state index contributed by atoms with van der Waals surface area (Å²) in [5.41, 5.74) is 2.10. The molecule has 0 spiro atoms. The van der Waals surface area contributed by atoms with Gasteiger partial charge in [-0.05, 0) is 25.1 Å². The zero-order valence-electron chi connectivity index (χ0n) is 15.1. The van der Waals surface area contributed by atoms with Gasteiger partial charge in [-0.25, -0.2) is 9.78 Å². The molecule has 0 aliphatic carbocycles. The predicted octanol–water partition coefficient (Wildman–Crippen LogP) is 2.68. The minimum atomic E-state index is -0.307. The van der Waals surface area contributed by atoms with Gasteiger partial charge in [-0.2, -0.15) is 0 Å². The molecule has 138 valence electrons. The van der Waals surface area contributed by atoms with Gasteiger partial charge in [-0.15, -0.1) is 0 Å². The van der Waals surface area contributed by atoms with Gasteiger partial charge in [0, 0.05) is 17.6 Å². The van der Waals surface area contributed by atoms with Crippen molar-refractivity contribution in [1.29, 1.82) is 0 Å². The average Bonchev–Trinajstić information content (AvgIpc) is 3.03. The summed E-state index contributed by atoms with van der Waals surface area (Å²) in [6.45, 7) is 2.37. The van der Waals surface area contributed by atoms with Crippen LogP contribution in [0.4, 0.5) is 0 Å². The largest absolute Gasteiger partial charge is 0.492 e. The monoisotopic (exact) mass is 366 g/mol. The summed E-state index contributed by atoms with van der Waals surface area (Å²) in [7, 11) is 3.12. The maximum atomic E-state index is 12.6. The van der Waals surface area contributed by atoms with Crippen LogP contribution < -0.4 is 19.9 Å². The van der Waals surface area contributed by atoms with Gasteiger partial charge in [0.2, 0.25) is 0 Å². The van der Waals surface area contributed by atoms with Crippen LogP contribution in [0.1, 0.15) is 6.92 Å². The number of aromatic nitrogens is 4. The fourth-order valence-electron chi connectivity index (χ4n) is 3.15. The lowest BCUT2D eigenvalue weighted by atomic mass is 10.1. The quantitative estimate of drug-likeness (QED) is 0.584. The summed E-state index contributed by atoms with van der Waals surface area (Å²) in [5, 5.41) is 0.734. The zero-order valence-corrected chi connectivity index (χ0v) is 15.1. The number of fused-ring (bicyclic) bond motifs is 2. The van der Waals surface area contributed by atoms with Crippen LogP contribution in [0.15, 0.2) is 41.5 Å². The second-order valence-electron chi connectivity index (χ2n) is 5.77. The van der Waals surface area contributed by atoms with E-state index in [1.165, 1.54) is 4.57 Å². The molecule has 0 amide bonds. The number of nitrogens with one attached hydrogen (secondary N) is 1. The molecule has 0 bridgehead atoms. The standard InChI is InChI=1S/C19H18N4O4/c1-4-27-14-7-8-20-18-16(14)23(19(24)22-18)11-5-6-13-12(9-11)17(26-3)15(25-2)10-21-13/h5-10H,4H2,1-3H3,(H,20,22,24). The Kier molecular flexibility index (Phi) is 4.15. The molecule has 0 saturated heterocycles. The molecule has 0 aliphatic heterocycles. The summed E-state index contributed by atoms with van der Waals surface area (Å²) >= 11 is 0. The number of ether oxygens (including phenoxy) is 3. The molecule has 1 N–H and O–H groups in total. The number of hydrogen-bond donors (Lipinski definition) is 1. The number of hydrogen-bond acceptors (Lipinski definition) is 6. The number of nitrogens with zero attached hydrogens (tertiary/aromatic N) is 3. The molecule has 27 heavy (non-hydrogen) atoms. The van der Waals surface area contributed by atoms with E-state index in [1.54, 1.807) is 32.7 Å². The number of benzene rings is 1. The first-order valence-electron chi connectivity index (χ1n) is 8.41. The maximum absolute atomic E-state index is 12.6. The van der Waals surface area contributed by atoms with Crippen LogP contribution >= 0.6 is 0 Å². The van der Waals surface area contributed by atoms with E-state index in [1.807, 2.05) is 25.1 Å². The van der Waals surface area contributed by atoms with Gasteiger partial charge < -0.3 is 14.2 Å². The van der Waals surface area contributed by atoms with Crippen LogP contribution in [0, 0.1) is 0 Å². The molecular formula is C19H18N4O4. The van der Waals surface area contributed by atoms with Crippen LogP contribution in [-0.2, 0) is 0 Å². The molecule has 0 radical (unpaired) electrons. The van der Waals surface area contributed by atoms with Crippen molar-refractivity contribution in [3.63, 3.8) is 0 Å². The highest BCUT2D eigenvalue weighted by atomic mass is 16.5. The van der Waals surface area contributed by atoms with E-state index >= 15 is 0 Å². The minimum absolute atomic E-state index is 0.307. The van der Waals surface area contributed by atoms with Crippen LogP contribution in [-0.4, -0.2) is 40.3 Å². The third kappa shape index (κ3) is 2.66. The Labute approximate surface area is 154 Å². The van der Waals surface area contributed by atoms with Gasteiger partial charge in [-0.1, -0.05) is 0 Å². The van der Waals surface area contributed by atoms with Gasteiger partial charge in [-0.3, -0.25) is 14.5 Å². The molecule has 0 unspecified atom stereocenters. The fraction of sp³-hybridized carbons (Fsp3) is 0.211. The number of H-pyrrole nitrogens is 1. The molecule has 4 aromatic rings. The Morgan fingerprint density at radius 2 is 1.96 bits per heavy atom. The SMILES string of the molecule is CCOc1ccnc2[nH]c(=O)n(-c3ccc4ncc(OC)c(OC)c4c3)c12. The fourth-order valence-corrected chi connectivity index (χ4v) is 3.15. The average molecular weight is 366 g/mol. The Balaban J connectivity index is 2.03. The van der Waals surface area contributed by atoms with Gasteiger partial charge in [0.15, 0.2) is 17.1 Å². The van der Waals surface area contributed by atoms with E-state index in [4.69, 9.17) is 14.2 Å². The van der Waals surface area contributed by atoms with Crippen molar-refractivity contribution in [3.8, 4) is 22.9 Å². The van der Waals surface area contributed by atoms with Crippen molar-refractivity contribution >= 4 is 22.1 Å². The third-order valence-electron chi connectivity index (χ3n) is 4.29. The molecule has 3 heterocycles. The Hall–Kier alpha value is -3.55. The number of methoxy groups -OCH3 is 2. The van der Waals surface area contributed by atoms with Crippen molar-refractivity contribution < 1.29 is 14.2 Å². The summed E-state index contributed by atoms with van der Waals surface area (Å²) < 4.78 is 18.1. The van der Waals surface area contributed by atoms with E-state index in [-0.39, 0.29) is 5.69 Å². The third-order valence-corrected chi connectivity index (χ3v) is 4.29. The smallest absolute Gasteiger partial charge is 0.332 e. The Bertz CT molecular complexity index is 1200. The normalized spacial score (nSPS) is 11.1. The highest BCUT2D eigenvalue weighted by molar-refractivity contribution is 5.90. The van der Waals surface area contributed by atoms with E-state index in [9.17, 15) is 4.79 Å². The summed E-state index contributed by atoms with van der Waals surface area (Å²) in [4.78, 5) is 24.0. The number of imidazole rings is 1. The highest BCUT2D eigenvalue weighted by Crippen LogP contribution is 2.35. The van der Waals surface area contributed by atoms with Gasteiger partial charge in [0.1, 0.15) is 11.3 Å². The molecule has 8 nitrogen and oxygen atoms in total. The lowest BCUT2D eigenvalue weighted by Crippen LogP contribution is -2.15. The second kappa shape index (κ2) is 6.64. The summed E-state index contributed by atoms with van der Waals surface area (Å²) in [6.07, 6.45) is 3.21. The second-order valence-corrected chi connectivity index (χ2v) is 5.77. The maximum Gasteiger partial charge on any atom is 0.332 e. The number of aromatic amines is 1. The molecule has 8 heteroatoms. The summed E-state index contributed by atoms with van der Waals surface area (Å²) in [5.74, 6) is 1.65. The first-order chi connectivity index (χ1) is 13.2. The van der Waals surface area contributed by atoms with Crippen molar-refractivity contribution in [3.05, 3.63) is 47.1 Å². The molecular weight excluding hydrogens is 348 g/mol. The van der Waals surface area contributed by atoms with Crippen molar-refractivity contribution in [2.75, 3.05) is 20.8 Å². The van der Waals surface area contributed by atoms with Crippen LogP contribution in [0.3, 0.4) is 0 Å². The van der Waals surface area contributed by atoms with Crippen molar-refractivity contribution in [1.82, 2.24) is 19.5 Å². The molecule has 4 rings (SSSR count). The van der Waals surface area contributed by atoms with E-state index in [2.05, 4.69) is 15.0 Å². The minimum Gasteiger partial charge on any atom is -0.492 e. The van der Waals surface area contributed by atoms with E-state index < -0.39 is 0 Å². The molecule has 0 atom stereocenters. The first-order valence-corrected chi connectivity index (χ1v) is 8.41. The lowest BCUT2D eigenvalue weighted by Gasteiger charge is -2.12. The number of pyridine rings is 2. The molecule has 0 aliphatic rings. The number of rotatable bonds is 5. The van der Waals surface area contributed by atoms with Crippen LogP contribution in [0.25, 0.3) is 27.8 Å². The van der Waals surface area contributed by atoms with Crippen LogP contribution in [0.5, 0.6) is 17.2 Å². The molecule has 1 aromatic carbocycles. The van der Waals surface area contributed by atoms with E-state index in [0.29, 0.717) is 40.7 Å². The van der Waals surface area contributed by atoms with Gasteiger partial charge in [0.05, 0.1) is 38.2 Å². The van der Waals surface area contributed by atoms with Gasteiger partial charge in [0.25, 0.3) is 0 Å². The molecule has 0 saturated carbocycles.